The van der Waals surface area contributed by atoms with E-state index in [1.807, 2.05) is 6.92 Å². The lowest BCUT2D eigenvalue weighted by Crippen LogP contribution is -2.14. The van der Waals surface area contributed by atoms with Crippen LogP contribution in [0.1, 0.15) is 31.9 Å². The first-order chi connectivity index (χ1) is 7.48. The fraction of sp³-hybridized carbons (Fsp3) is 0.700. The van der Waals surface area contributed by atoms with E-state index in [2.05, 4.69) is 5.10 Å². The molecule has 0 amide bonds. The van der Waals surface area contributed by atoms with Crippen molar-refractivity contribution in [1.29, 1.82) is 0 Å². The quantitative estimate of drug-likeness (QED) is 0.804. The molecule has 16 heavy (non-hydrogen) atoms. The molecule has 1 N–H and O–H groups in total. The maximum absolute atomic E-state index is 11.3. The van der Waals surface area contributed by atoms with Crippen LogP contribution in [0.2, 0.25) is 0 Å². The maximum atomic E-state index is 11.3. The number of aliphatic hydroxyl groups is 1. The first-order valence-electron chi connectivity index (χ1n) is 5.39. The predicted octanol–water partition coefficient (Wildman–Crippen LogP) is 0.761. The number of rotatable bonds is 6. The summed E-state index contributed by atoms with van der Waals surface area (Å²) in [7, 11) is -2.96. The van der Waals surface area contributed by atoms with E-state index in [0.717, 1.165) is 5.56 Å². The average Bonchev–Trinajstić information content (AvgIpc) is 2.74. The first kappa shape index (κ1) is 13.2. The van der Waals surface area contributed by atoms with Crippen LogP contribution in [-0.4, -0.2) is 34.8 Å². The summed E-state index contributed by atoms with van der Waals surface area (Å²) < 4.78 is 24.1. The van der Waals surface area contributed by atoms with Gasteiger partial charge in [0.25, 0.3) is 0 Å². The Hall–Kier alpha value is -0.880. The molecule has 0 saturated carbocycles. The third-order valence-electron chi connectivity index (χ3n) is 2.50. The smallest absolute Gasteiger partial charge is 0.151 e. The number of hydrogen-bond acceptors (Lipinski definition) is 4. The van der Waals surface area contributed by atoms with Crippen molar-refractivity contribution in [3.05, 3.63) is 18.0 Å². The molecular formula is C10H18N2O3S. The largest absolute Gasteiger partial charge is 0.388 e. The van der Waals surface area contributed by atoms with Crippen LogP contribution in [0.3, 0.4) is 0 Å². The highest BCUT2D eigenvalue weighted by Gasteiger charge is 2.10. The number of sulfone groups is 1. The van der Waals surface area contributed by atoms with Crippen molar-refractivity contribution in [2.45, 2.75) is 32.9 Å². The number of aryl methyl sites for hydroxylation is 1. The number of aromatic nitrogens is 2. The monoisotopic (exact) mass is 246 g/mol. The first-order valence-corrected chi connectivity index (χ1v) is 7.21. The van der Waals surface area contributed by atoms with Gasteiger partial charge in [-0.05, 0) is 6.42 Å². The van der Waals surface area contributed by atoms with Crippen molar-refractivity contribution < 1.29 is 13.5 Å². The van der Waals surface area contributed by atoms with Crippen LogP contribution >= 0.6 is 0 Å². The molecule has 1 atom stereocenters. The number of aliphatic hydroxyl groups excluding tert-OH is 1. The summed E-state index contributed by atoms with van der Waals surface area (Å²) >= 11 is 0. The Morgan fingerprint density at radius 2 is 2.19 bits per heavy atom. The molecule has 1 aromatic heterocycles. The van der Waals surface area contributed by atoms with Crippen LogP contribution in [0.25, 0.3) is 0 Å². The van der Waals surface area contributed by atoms with Crippen LogP contribution in [0.5, 0.6) is 0 Å². The van der Waals surface area contributed by atoms with Gasteiger partial charge in [0.1, 0.15) is 0 Å². The maximum Gasteiger partial charge on any atom is 0.151 e. The Labute approximate surface area is 96.0 Å². The van der Waals surface area contributed by atoms with Gasteiger partial charge in [0.15, 0.2) is 9.84 Å². The molecule has 0 fully saturated rings. The topological polar surface area (TPSA) is 72.2 Å². The Bertz CT molecular complexity index is 425. The van der Waals surface area contributed by atoms with Gasteiger partial charge in [0, 0.05) is 17.5 Å². The molecular weight excluding hydrogens is 228 g/mol. The average molecular weight is 246 g/mol. The van der Waals surface area contributed by atoms with Gasteiger partial charge in [-0.3, -0.25) is 4.68 Å². The third kappa shape index (κ3) is 3.61. The summed E-state index contributed by atoms with van der Waals surface area (Å²) in [5, 5.41) is 13.6. The second-order valence-corrected chi connectivity index (χ2v) is 6.17. The summed E-state index contributed by atoms with van der Waals surface area (Å²) in [4.78, 5) is 0. The normalized spacial score (nSPS) is 13.9. The van der Waals surface area contributed by atoms with E-state index < -0.39 is 15.9 Å². The zero-order valence-electron chi connectivity index (χ0n) is 9.63. The summed E-state index contributed by atoms with van der Waals surface area (Å²) in [6.45, 7) is 3.85. The highest BCUT2D eigenvalue weighted by atomic mass is 32.2. The minimum atomic E-state index is -2.96. The zero-order chi connectivity index (χ0) is 12.2. The summed E-state index contributed by atoms with van der Waals surface area (Å²) in [6, 6.07) is 0. The third-order valence-corrected chi connectivity index (χ3v) is 4.18. The molecule has 92 valence electrons. The molecule has 0 aliphatic rings. The van der Waals surface area contributed by atoms with Gasteiger partial charge < -0.3 is 5.11 Å². The van der Waals surface area contributed by atoms with Gasteiger partial charge in [0.2, 0.25) is 0 Å². The lowest BCUT2D eigenvalue weighted by Gasteiger charge is -2.03. The highest BCUT2D eigenvalue weighted by Crippen LogP contribution is 2.14. The van der Waals surface area contributed by atoms with E-state index in [-0.39, 0.29) is 11.5 Å². The lowest BCUT2D eigenvalue weighted by molar-refractivity contribution is 0.173. The van der Waals surface area contributed by atoms with E-state index in [1.54, 1.807) is 24.0 Å². The van der Waals surface area contributed by atoms with Crippen molar-refractivity contribution in [1.82, 2.24) is 9.78 Å². The molecule has 0 aromatic carbocycles. The van der Waals surface area contributed by atoms with E-state index in [4.69, 9.17) is 0 Å². The highest BCUT2D eigenvalue weighted by molar-refractivity contribution is 7.91. The Morgan fingerprint density at radius 3 is 2.75 bits per heavy atom. The van der Waals surface area contributed by atoms with Crippen molar-refractivity contribution in [2.24, 2.45) is 0 Å². The second-order valence-electron chi connectivity index (χ2n) is 3.70. The Kier molecular flexibility index (Phi) is 4.49. The Balaban J connectivity index is 2.60. The molecule has 0 radical (unpaired) electrons. The molecule has 1 aromatic rings. The number of nitrogens with zero attached hydrogens (tertiary/aromatic N) is 2. The van der Waals surface area contributed by atoms with E-state index in [9.17, 15) is 13.5 Å². The fourth-order valence-electron chi connectivity index (χ4n) is 1.29. The van der Waals surface area contributed by atoms with Gasteiger partial charge in [-0.1, -0.05) is 13.8 Å². The summed E-state index contributed by atoms with van der Waals surface area (Å²) in [6.07, 6.45) is 3.38. The van der Waals surface area contributed by atoms with Crippen LogP contribution in [-0.2, 0) is 16.4 Å². The molecule has 0 saturated heterocycles. The van der Waals surface area contributed by atoms with Crippen LogP contribution < -0.4 is 0 Å². The standard InChI is InChI=1S/C10H18N2O3S/c1-3-10(13)9-7-11-12(8-9)5-6-16(14,15)4-2/h7-8,10,13H,3-6H2,1-2H3. The van der Waals surface area contributed by atoms with Crippen LogP contribution in [0, 0.1) is 0 Å². The SMILES string of the molecule is CCC(O)c1cnn(CCS(=O)(=O)CC)c1. The molecule has 1 heterocycles. The van der Waals surface area contributed by atoms with Crippen LogP contribution in [0.15, 0.2) is 12.4 Å². The van der Waals surface area contributed by atoms with Gasteiger partial charge in [-0.2, -0.15) is 5.10 Å². The van der Waals surface area contributed by atoms with Crippen molar-refractivity contribution in [3.63, 3.8) is 0 Å². The molecule has 0 spiro atoms. The van der Waals surface area contributed by atoms with E-state index in [0.29, 0.717) is 13.0 Å². The van der Waals surface area contributed by atoms with Gasteiger partial charge in [-0.25, -0.2) is 8.42 Å². The van der Waals surface area contributed by atoms with Crippen molar-refractivity contribution in [3.8, 4) is 0 Å². The van der Waals surface area contributed by atoms with Crippen molar-refractivity contribution >= 4 is 9.84 Å². The fourth-order valence-corrected chi connectivity index (χ4v) is 2.04. The van der Waals surface area contributed by atoms with E-state index in [1.165, 1.54) is 0 Å². The summed E-state index contributed by atoms with van der Waals surface area (Å²) in [5.74, 6) is 0.242. The van der Waals surface area contributed by atoms with Crippen molar-refractivity contribution in [2.75, 3.05) is 11.5 Å². The van der Waals surface area contributed by atoms with E-state index >= 15 is 0 Å². The molecule has 6 heteroatoms. The number of hydrogen-bond donors (Lipinski definition) is 1. The summed E-state index contributed by atoms with van der Waals surface area (Å²) in [5.41, 5.74) is 0.733. The second kappa shape index (κ2) is 5.45. The van der Waals surface area contributed by atoms with Gasteiger partial charge >= 0.3 is 0 Å². The minimum absolute atomic E-state index is 0.0901. The molecule has 0 aliphatic heterocycles. The lowest BCUT2D eigenvalue weighted by atomic mass is 10.2. The molecule has 5 nitrogen and oxygen atoms in total. The molecule has 0 aliphatic carbocycles. The van der Waals surface area contributed by atoms with Gasteiger partial charge in [-0.15, -0.1) is 0 Å². The van der Waals surface area contributed by atoms with Gasteiger partial charge in [0.05, 0.1) is 24.6 Å². The molecule has 1 rings (SSSR count). The predicted molar refractivity (Wildman–Crippen MR) is 61.8 cm³/mol. The minimum Gasteiger partial charge on any atom is -0.388 e. The van der Waals surface area contributed by atoms with Crippen LogP contribution in [0.4, 0.5) is 0 Å². The Morgan fingerprint density at radius 1 is 1.50 bits per heavy atom. The molecule has 1 unspecified atom stereocenters. The molecule has 0 bridgehead atoms. The zero-order valence-corrected chi connectivity index (χ0v) is 10.4.